The molecule has 1 atom stereocenters. The van der Waals surface area contributed by atoms with E-state index in [0.717, 1.165) is 6.42 Å². The second kappa shape index (κ2) is 5.09. The van der Waals surface area contributed by atoms with Gasteiger partial charge in [-0.1, -0.05) is 12.1 Å². The standard InChI is InChI=1S/C14H19NO4S/c1-14(13(16)17)8-5-9-15(10-14)11-6-3-4-7-12(11)20(2,18)19/h3-4,6-7H,5,8-10H2,1-2H3,(H,16,17). The van der Waals surface area contributed by atoms with E-state index in [1.54, 1.807) is 31.2 Å². The lowest BCUT2D eigenvalue weighted by Gasteiger charge is -2.39. The smallest absolute Gasteiger partial charge is 0.311 e. The van der Waals surface area contributed by atoms with Crippen LogP contribution in [0.25, 0.3) is 0 Å². The molecule has 0 aromatic heterocycles. The van der Waals surface area contributed by atoms with Crippen molar-refractivity contribution < 1.29 is 18.3 Å². The van der Waals surface area contributed by atoms with Crippen LogP contribution in [0.2, 0.25) is 0 Å². The maximum absolute atomic E-state index is 11.8. The monoisotopic (exact) mass is 297 g/mol. The largest absolute Gasteiger partial charge is 0.481 e. The van der Waals surface area contributed by atoms with Crippen LogP contribution >= 0.6 is 0 Å². The number of carboxylic acids is 1. The topological polar surface area (TPSA) is 74.7 Å². The van der Waals surface area contributed by atoms with Crippen molar-refractivity contribution in [2.24, 2.45) is 5.41 Å². The number of nitrogens with zero attached hydrogens (tertiary/aromatic N) is 1. The number of aliphatic carboxylic acids is 1. The summed E-state index contributed by atoms with van der Waals surface area (Å²) in [5, 5.41) is 9.35. The van der Waals surface area contributed by atoms with Gasteiger partial charge in [0.2, 0.25) is 0 Å². The molecule has 1 unspecified atom stereocenters. The summed E-state index contributed by atoms with van der Waals surface area (Å²) in [5.41, 5.74) is -0.231. The Balaban J connectivity index is 2.40. The normalized spacial score (nSPS) is 23.6. The van der Waals surface area contributed by atoms with Crippen LogP contribution in [0.4, 0.5) is 5.69 Å². The third kappa shape index (κ3) is 2.80. The van der Waals surface area contributed by atoms with Crippen molar-refractivity contribution in [2.45, 2.75) is 24.7 Å². The summed E-state index contributed by atoms with van der Waals surface area (Å²) in [6, 6.07) is 6.76. The van der Waals surface area contributed by atoms with Crippen molar-refractivity contribution in [1.82, 2.24) is 0 Å². The lowest BCUT2D eigenvalue weighted by Crippen LogP contribution is -2.46. The Morgan fingerprint density at radius 1 is 1.35 bits per heavy atom. The molecule has 1 fully saturated rings. The third-order valence-electron chi connectivity index (χ3n) is 3.82. The second-order valence-corrected chi connectivity index (χ2v) is 7.61. The van der Waals surface area contributed by atoms with Gasteiger partial charge in [-0.3, -0.25) is 4.79 Å². The number of rotatable bonds is 3. The quantitative estimate of drug-likeness (QED) is 0.920. The number of para-hydroxylation sites is 1. The molecule has 6 heteroatoms. The van der Waals surface area contributed by atoms with Gasteiger partial charge in [-0.05, 0) is 31.9 Å². The highest BCUT2D eigenvalue weighted by atomic mass is 32.2. The SMILES string of the molecule is CC1(C(=O)O)CCCN(c2ccccc2S(C)(=O)=O)C1. The van der Waals surface area contributed by atoms with Crippen LogP contribution in [0.5, 0.6) is 0 Å². The van der Waals surface area contributed by atoms with Gasteiger partial charge in [0.05, 0.1) is 16.0 Å². The molecule has 0 amide bonds. The van der Waals surface area contributed by atoms with E-state index in [4.69, 9.17) is 0 Å². The van der Waals surface area contributed by atoms with Crippen LogP contribution in [-0.4, -0.2) is 38.8 Å². The van der Waals surface area contributed by atoms with Crippen molar-refractivity contribution in [1.29, 1.82) is 0 Å². The fraction of sp³-hybridized carbons (Fsp3) is 0.500. The third-order valence-corrected chi connectivity index (χ3v) is 4.96. The maximum atomic E-state index is 11.8. The number of piperidine rings is 1. The average molecular weight is 297 g/mol. The molecule has 0 bridgehead atoms. The minimum atomic E-state index is -3.33. The molecule has 0 spiro atoms. The van der Waals surface area contributed by atoms with E-state index in [9.17, 15) is 18.3 Å². The maximum Gasteiger partial charge on any atom is 0.311 e. The van der Waals surface area contributed by atoms with Crippen LogP contribution in [0.3, 0.4) is 0 Å². The molecule has 0 radical (unpaired) electrons. The van der Waals surface area contributed by atoms with E-state index >= 15 is 0 Å². The van der Waals surface area contributed by atoms with Gasteiger partial charge in [0.15, 0.2) is 9.84 Å². The molecule has 1 saturated heterocycles. The lowest BCUT2D eigenvalue weighted by molar-refractivity contribution is -0.148. The molecule has 0 saturated carbocycles. The van der Waals surface area contributed by atoms with E-state index in [2.05, 4.69) is 0 Å². The summed E-state index contributed by atoms with van der Waals surface area (Å²) in [6.45, 7) is 2.72. The first-order valence-electron chi connectivity index (χ1n) is 6.51. The zero-order valence-electron chi connectivity index (χ0n) is 11.7. The fourth-order valence-corrected chi connectivity index (χ4v) is 3.55. The number of carbonyl (C=O) groups is 1. The van der Waals surface area contributed by atoms with Crippen molar-refractivity contribution in [3.05, 3.63) is 24.3 Å². The highest BCUT2D eigenvalue weighted by molar-refractivity contribution is 7.90. The first-order chi connectivity index (χ1) is 9.24. The Morgan fingerprint density at radius 3 is 2.60 bits per heavy atom. The van der Waals surface area contributed by atoms with Crippen LogP contribution in [0.15, 0.2) is 29.2 Å². The van der Waals surface area contributed by atoms with Crippen molar-refractivity contribution in [3.63, 3.8) is 0 Å². The number of hydrogen-bond donors (Lipinski definition) is 1. The summed E-state index contributed by atoms with van der Waals surface area (Å²) in [4.78, 5) is 13.5. The van der Waals surface area contributed by atoms with Gasteiger partial charge in [-0.25, -0.2) is 8.42 Å². The first-order valence-corrected chi connectivity index (χ1v) is 8.41. The second-order valence-electron chi connectivity index (χ2n) is 5.63. The van der Waals surface area contributed by atoms with Crippen molar-refractivity contribution in [2.75, 3.05) is 24.2 Å². The summed E-state index contributed by atoms with van der Waals surface area (Å²) in [7, 11) is -3.33. The Kier molecular flexibility index (Phi) is 3.77. The van der Waals surface area contributed by atoms with Gasteiger partial charge in [-0.15, -0.1) is 0 Å². The highest BCUT2D eigenvalue weighted by Gasteiger charge is 2.38. The van der Waals surface area contributed by atoms with E-state index in [0.29, 0.717) is 25.2 Å². The van der Waals surface area contributed by atoms with Crippen molar-refractivity contribution in [3.8, 4) is 0 Å². The van der Waals surface area contributed by atoms with Crippen LogP contribution < -0.4 is 4.90 Å². The Bertz CT molecular complexity index is 626. The molecule has 0 aliphatic carbocycles. The van der Waals surface area contributed by atoms with Gasteiger partial charge in [0, 0.05) is 19.3 Å². The zero-order chi connectivity index (χ0) is 15.0. The molecular formula is C14H19NO4S. The van der Waals surface area contributed by atoms with E-state index in [1.165, 1.54) is 6.26 Å². The first kappa shape index (κ1) is 14.8. The number of sulfone groups is 1. The predicted octanol–water partition coefficient (Wildman–Crippen LogP) is 1.78. The van der Waals surface area contributed by atoms with Crippen LogP contribution in [-0.2, 0) is 14.6 Å². The Hall–Kier alpha value is -1.56. The molecule has 1 aliphatic heterocycles. The number of anilines is 1. The molecule has 1 heterocycles. The van der Waals surface area contributed by atoms with Gasteiger partial charge in [0.25, 0.3) is 0 Å². The average Bonchev–Trinajstić information content (AvgIpc) is 2.37. The molecule has 5 nitrogen and oxygen atoms in total. The summed E-state index contributed by atoms with van der Waals surface area (Å²) < 4.78 is 23.7. The lowest BCUT2D eigenvalue weighted by atomic mass is 9.82. The number of hydrogen-bond acceptors (Lipinski definition) is 4. The molecule has 20 heavy (non-hydrogen) atoms. The minimum absolute atomic E-state index is 0.259. The number of carboxylic acid groups (broad SMARTS) is 1. The van der Waals surface area contributed by atoms with Crippen molar-refractivity contribution >= 4 is 21.5 Å². The number of benzene rings is 1. The molecule has 110 valence electrons. The molecule has 1 aromatic rings. The molecule has 2 rings (SSSR count). The van der Waals surface area contributed by atoms with Crippen LogP contribution in [0.1, 0.15) is 19.8 Å². The zero-order valence-corrected chi connectivity index (χ0v) is 12.5. The molecular weight excluding hydrogens is 278 g/mol. The summed E-state index contributed by atoms with van der Waals surface area (Å²) in [5.74, 6) is -0.834. The predicted molar refractivity (Wildman–Crippen MR) is 76.7 cm³/mol. The molecule has 1 N–H and O–H groups in total. The molecule has 1 aromatic carbocycles. The highest BCUT2D eigenvalue weighted by Crippen LogP contribution is 2.35. The van der Waals surface area contributed by atoms with Crippen LogP contribution in [0, 0.1) is 5.41 Å². The Labute approximate surface area is 119 Å². The van der Waals surface area contributed by atoms with E-state index in [-0.39, 0.29) is 4.90 Å². The minimum Gasteiger partial charge on any atom is -0.481 e. The Morgan fingerprint density at radius 2 is 2.00 bits per heavy atom. The fourth-order valence-electron chi connectivity index (χ4n) is 2.65. The van der Waals surface area contributed by atoms with Gasteiger partial charge in [0.1, 0.15) is 0 Å². The van der Waals surface area contributed by atoms with Gasteiger partial charge >= 0.3 is 5.97 Å². The summed E-state index contributed by atoms with van der Waals surface area (Å²) >= 11 is 0. The summed E-state index contributed by atoms with van der Waals surface area (Å²) in [6.07, 6.45) is 2.52. The van der Waals surface area contributed by atoms with Gasteiger partial charge < -0.3 is 10.0 Å². The molecule has 1 aliphatic rings. The van der Waals surface area contributed by atoms with E-state index < -0.39 is 21.2 Å². The van der Waals surface area contributed by atoms with Gasteiger partial charge in [-0.2, -0.15) is 0 Å². The van der Waals surface area contributed by atoms with E-state index in [1.807, 2.05) is 4.90 Å².